The lowest BCUT2D eigenvalue weighted by molar-refractivity contribution is 0.0246. The van der Waals surface area contributed by atoms with Gasteiger partial charge in [-0.15, -0.1) is 0 Å². The zero-order valence-electron chi connectivity index (χ0n) is 13.5. The number of nitrogens with one attached hydrogen (secondary N) is 1. The first-order valence-electron chi connectivity index (χ1n) is 8.25. The van der Waals surface area contributed by atoms with Crippen LogP contribution in [0, 0.1) is 0 Å². The minimum atomic E-state index is -0.776. The van der Waals surface area contributed by atoms with Crippen molar-refractivity contribution in [1.82, 2.24) is 19.7 Å². The summed E-state index contributed by atoms with van der Waals surface area (Å²) in [4.78, 5) is 12.6. The van der Waals surface area contributed by atoms with Gasteiger partial charge in [0, 0.05) is 26.0 Å². The van der Waals surface area contributed by atoms with Crippen molar-refractivity contribution in [3.63, 3.8) is 0 Å². The minimum absolute atomic E-state index is 0.195. The molecule has 23 heavy (non-hydrogen) atoms. The molecule has 1 fully saturated rings. The Hall–Kier alpha value is -2.08. The van der Waals surface area contributed by atoms with Crippen LogP contribution in [0.5, 0.6) is 0 Å². The van der Waals surface area contributed by atoms with E-state index in [-0.39, 0.29) is 5.91 Å². The molecule has 2 aromatic heterocycles. The van der Waals surface area contributed by atoms with Crippen molar-refractivity contribution in [2.24, 2.45) is 7.05 Å². The van der Waals surface area contributed by atoms with E-state index in [1.54, 1.807) is 10.9 Å². The monoisotopic (exact) mass is 316 g/mol. The van der Waals surface area contributed by atoms with Crippen LogP contribution >= 0.6 is 0 Å². The topological polar surface area (TPSA) is 72.1 Å². The fraction of sp³-hybridized carbons (Fsp3) is 0.529. The maximum atomic E-state index is 12.6. The van der Waals surface area contributed by atoms with Crippen molar-refractivity contribution in [3.8, 4) is 5.82 Å². The smallest absolute Gasteiger partial charge is 0.256 e. The number of aromatic nitrogens is 3. The Morgan fingerprint density at radius 1 is 1.26 bits per heavy atom. The Kier molecular flexibility index (Phi) is 4.52. The van der Waals surface area contributed by atoms with Gasteiger partial charge in [0.1, 0.15) is 11.4 Å². The van der Waals surface area contributed by atoms with Gasteiger partial charge in [-0.25, -0.2) is 0 Å². The Balaban J connectivity index is 1.72. The van der Waals surface area contributed by atoms with Crippen LogP contribution in [-0.2, 0) is 7.05 Å². The molecule has 0 atom stereocenters. The molecule has 1 aliphatic carbocycles. The molecule has 0 saturated heterocycles. The molecule has 0 radical (unpaired) electrons. The van der Waals surface area contributed by atoms with Gasteiger partial charge in [0.2, 0.25) is 0 Å². The standard InChI is InChI=1S/C17H24N4O2/c1-20-16(21-10-6-7-11-21)14(12-19-20)15(22)18-13-17(23)8-4-2-3-5-9-17/h6-7,10-12,23H,2-5,8-9,13H2,1H3,(H,18,22). The highest BCUT2D eigenvalue weighted by atomic mass is 16.3. The first-order chi connectivity index (χ1) is 11.1. The Labute approximate surface area is 136 Å². The van der Waals surface area contributed by atoms with Crippen molar-refractivity contribution in [1.29, 1.82) is 0 Å². The SMILES string of the molecule is Cn1ncc(C(=O)NCC2(O)CCCCCC2)c1-n1cccc1. The minimum Gasteiger partial charge on any atom is -0.388 e. The Morgan fingerprint density at radius 3 is 2.57 bits per heavy atom. The zero-order valence-corrected chi connectivity index (χ0v) is 13.5. The van der Waals surface area contributed by atoms with Gasteiger partial charge in [-0.3, -0.25) is 9.48 Å². The molecule has 2 aromatic rings. The summed E-state index contributed by atoms with van der Waals surface area (Å²) in [5.41, 5.74) is -0.261. The van der Waals surface area contributed by atoms with Gasteiger partial charge < -0.3 is 15.0 Å². The van der Waals surface area contributed by atoms with Crippen molar-refractivity contribution < 1.29 is 9.90 Å². The van der Waals surface area contributed by atoms with E-state index in [9.17, 15) is 9.90 Å². The molecule has 2 heterocycles. The van der Waals surface area contributed by atoms with Gasteiger partial charge in [-0.05, 0) is 25.0 Å². The number of aliphatic hydroxyl groups is 1. The highest BCUT2D eigenvalue weighted by Gasteiger charge is 2.29. The third kappa shape index (κ3) is 3.47. The molecule has 3 rings (SSSR count). The third-order valence-corrected chi connectivity index (χ3v) is 4.61. The fourth-order valence-corrected chi connectivity index (χ4v) is 3.28. The van der Waals surface area contributed by atoms with Gasteiger partial charge in [0.25, 0.3) is 5.91 Å². The van der Waals surface area contributed by atoms with E-state index in [0.717, 1.165) is 44.3 Å². The average Bonchev–Trinajstić information content (AvgIpc) is 3.12. The van der Waals surface area contributed by atoms with E-state index in [4.69, 9.17) is 0 Å². The van der Waals surface area contributed by atoms with Crippen LogP contribution < -0.4 is 5.32 Å². The van der Waals surface area contributed by atoms with E-state index in [1.807, 2.05) is 36.1 Å². The van der Waals surface area contributed by atoms with Gasteiger partial charge >= 0.3 is 0 Å². The molecule has 2 N–H and O–H groups in total. The second kappa shape index (κ2) is 6.58. The summed E-state index contributed by atoms with van der Waals surface area (Å²) in [6, 6.07) is 3.81. The number of hydrogen-bond acceptors (Lipinski definition) is 3. The number of carbonyl (C=O) groups is 1. The Morgan fingerprint density at radius 2 is 1.91 bits per heavy atom. The number of rotatable bonds is 4. The second-order valence-corrected chi connectivity index (χ2v) is 6.42. The summed E-state index contributed by atoms with van der Waals surface area (Å²) in [6.07, 6.45) is 11.2. The Bertz CT molecular complexity index is 652. The van der Waals surface area contributed by atoms with E-state index >= 15 is 0 Å². The van der Waals surface area contributed by atoms with Crippen LogP contribution in [-0.4, -0.2) is 37.5 Å². The summed E-state index contributed by atoms with van der Waals surface area (Å²) < 4.78 is 3.54. The van der Waals surface area contributed by atoms with Crippen LogP contribution in [0.4, 0.5) is 0 Å². The number of hydrogen-bond donors (Lipinski definition) is 2. The first kappa shape index (κ1) is 15.8. The summed E-state index contributed by atoms with van der Waals surface area (Å²) in [6.45, 7) is 0.297. The summed E-state index contributed by atoms with van der Waals surface area (Å²) in [5.74, 6) is 0.528. The lowest BCUT2D eigenvalue weighted by Gasteiger charge is -2.26. The molecule has 1 amide bonds. The number of amides is 1. The molecule has 0 unspecified atom stereocenters. The molecule has 1 aliphatic rings. The maximum absolute atomic E-state index is 12.6. The largest absolute Gasteiger partial charge is 0.388 e. The van der Waals surface area contributed by atoms with Crippen LogP contribution in [0.3, 0.4) is 0 Å². The molecule has 6 nitrogen and oxygen atoms in total. The van der Waals surface area contributed by atoms with Crippen LogP contribution in [0.25, 0.3) is 5.82 Å². The summed E-state index contributed by atoms with van der Waals surface area (Å²) in [5, 5.41) is 17.8. The van der Waals surface area contributed by atoms with Crippen molar-refractivity contribution in [2.45, 2.75) is 44.1 Å². The molecular formula is C17H24N4O2. The zero-order chi connectivity index (χ0) is 16.3. The fourth-order valence-electron chi connectivity index (χ4n) is 3.28. The van der Waals surface area contributed by atoms with Crippen LogP contribution in [0.15, 0.2) is 30.7 Å². The molecule has 1 saturated carbocycles. The lowest BCUT2D eigenvalue weighted by atomic mass is 9.94. The van der Waals surface area contributed by atoms with Crippen LogP contribution in [0.1, 0.15) is 48.9 Å². The molecule has 0 bridgehead atoms. The van der Waals surface area contributed by atoms with Gasteiger partial charge in [-0.2, -0.15) is 5.10 Å². The van der Waals surface area contributed by atoms with Crippen molar-refractivity contribution in [3.05, 3.63) is 36.3 Å². The van der Waals surface area contributed by atoms with Crippen molar-refractivity contribution in [2.75, 3.05) is 6.54 Å². The van der Waals surface area contributed by atoms with Gasteiger partial charge in [-0.1, -0.05) is 25.7 Å². The molecule has 124 valence electrons. The predicted octanol–water partition coefficient (Wildman–Crippen LogP) is 2.03. The van der Waals surface area contributed by atoms with Crippen LogP contribution in [0.2, 0.25) is 0 Å². The quantitative estimate of drug-likeness (QED) is 0.848. The summed E-state index contributed by atoms with van der Waals surface area (Å²) >= 11 is 0. The number of aryl methyl sites for hydroxylation is 1. The summed E-state index contributed by atoms with van der Waals surface area (Å²) in [7, 11) is 1.81. The second-order valence-electron chi connectivity index (χ2n) is 6.42. The molecule has 0 aromatic carbocycles. The highest BCUT2D eigenvalue weighted by molar-refractivity contribution is 5.97. The third-order valence-electron chi connectivity index (χ3n) is 4.61. The van der Waals surface area contributed by atoms with Crippen molar-refractivity contribution >= 4 is 5.91 Å². The molecule has 6 heteroatoms. The van der Waals surface area contributed by atoms with E-state index in [0.29, 0.717) is 12.1 Å². The van der Waals surface area contributed by atoms with E-state index < -0.39 is 5.60 Å². The highest BCUT2D eigenvalue weighted by Crippen LogP contribution is 2.26. The van der Waals surface area contributed by atoms with Gasteiger partial charge in [0.05, 0.1) is 11.8 Å². The number of carbonyl (C=O) groups excluding carboxylic acids is 1. The average molecular weight is 316 g/mol. The number of nitrogens with zero attached hydrogens (tertiary/aromatic N) is 3. The predicted molar refractivity (Wildman–Crippen MR) is 87.5 cm³/mol. The van der Waals surface area contributed by atoms with E-state index in [2.05, 4.69) is 10.4 Å². The molecule has 0 spiro atoms. The normalized spacial score (nSPS) is 17.7. The van der Waals surface area contributed by atoms with E-state index in [1.165, 1.54) is 0 Å². The van der Waals surface area contributed by atoms with Gasteiger partial charge in [0.15, 0.2) is 0 Å². The lowest BCUT2D eigenvalue weighted by Crippen LogP contribution is -2.42. The molecular weight excluding hydrogens is 292 g/mol. The molecule has 0 aliphatic heterocycles. The first-order valence-corrected chi connectivity index (χ1v) is 8.25. The maximum Gasteiger partial charge on any atom is 0.256 e.